The Balaban J connectivity index is 1.77. The van der Waals surface area contributed by atoms with E-state index in [2.05, 4.69) is 76.3 Å². The van der Waals surface area contributed by atoms with Crippen LogP contribution in [0, 0.1) is 0 Å². The van der Waals surface area contributed by atoms with Gasteiger partial charge in [0.25, 0.3) is 0 Å². The summed E-state index contributed by atoms with van der Waals surface area (Å²) in [7, 11) is 4.45. The van der Waals surface area contributed by atoms with Crippen LogP contribution in [0.25, 0.3) is 0 Å². The van der Waals surface area contributed by atoms with Crippen LogP contribution in [-0.2, 0) is 0 Å². The average molecular weight is 340 g/mol. The highest BCUT2D eigenvalue weighted by Gasteiger charge is 2.21. The Morgan fingerprint density at radius 2 is 2.15 bits per heavy atom. The predicted molar refractivity (Wildman–Crippen MR) is 89.3 cm³/mol. The van der Waals surface area contributed by atoms with Crippen molar-refractivity contribution in [3.8, 4) is 0 Å². The zero-order chi connectivity index (χ0) is 14.5. The van der Waals surface area contributed by atoms with Crippen molar-refractivity contribution in [2.75, 3.05) is 46.8 Å². The lowest BCUT2D eigenvalue weighted by molar-refractivity contribution is 0.113. The summed E-state index contributed by atoms with van der Waals surface area (Å²) in [6, 6.07) is 9.24. The molecule has 0 radical (unpaired) electrons. The Kier molecular flexibility index (Phi) is 6.02. The summed E-state index contributed by atoms with van der Waals surface area (Å²) in [5.41, 5.74) is 1.39. The van der Waals surface area contributed by atoms with E-state index in [0.717, 1.165) is 24.1 Å². The molecule has 1 fully saturated rings. The zero-order valence-electron chi connectivity index (χ0n) is 12.8. The van der Waals surface area contributed by atoms with Crippen LogP contribution in [0.2, 0.25) is 0 Å². The first-order chi connectivity index (χ1) is 9.56. The number of benzene rings is 1. The van der Waals surface area contributed by atoms with Crippen molar-refractivity contribution < 1.29 is 0 Å². The van der Waals surface area contributed by atoms with Gasteiger partial charge in [-0.25, -0.2) is 0 Å². The molecule has 1 saturated heterocycles. The quantitative estimate of drug-likeness (QED) is 0.888. The molecule has 0 amide bonds. The van der Waals surface area contributed by atoms with Gasteiger partial charge in [0.2, 0.25) is 0 Å². The van der Waals surface area contributed by atoms with Crippen molar-refractivity contribution in [1.82, 2.24) is 15.1 Å². The van der Waals surface area contributed by atoms with Crippen LogP contribution < -0.4 is 5.32 Å². The molecule has 1 N–H and O–H groups in total. The molecule has 0 unspecified atom stereocenters. The van der Waals surface area contributed by atoms with E-state index in [-0.39, 0.29) is 0 Å². The summed E-state index contributed by atoms with van der Waals surface area (Å²) in [5, 5.41) is 3.64. The summed E-state index contributed by atoms with van der Waals surface area (Å²) in [5.74, 6) is 0.541. The van der Waals surface area contributed by atoms with E-state index >= 15 is 0 Å². The van der Waals surface area contributed by atoms with Crippen molar-refractivity contribution in [2.24, 2.45) is 0 Å². The van der Waals surface area contributed by atoms with E-state index in [1.807, 2.05) is 0 Å². The minimum absolute atomic E-state index is 0.541. The minimum Gasteiger partial charge on any atom is -0.315 e. The maximum absolute atomic E-state index is 3.64. The number of piperazine rings is 1. The SMILES string of the molecule is C[C@@H](CNC[C@H]1CN(C)CCN1C)c1cccc(Br)c1. The van der Waals surface area contributed by atoms with Crippen molar-refractivity contribution >= 4 is 15.9 Å². The van der Waals surface area contributed by atoms with Crippen LogP contribution in [0.3, 0.4) is 0 Å². The molecule has 4 heteroatoms. The topological polar surface area (TPSA) is 18.5 Å². The third kappa shape index (κ3) is 4.55. The van der Waals surface area contributed by atoms with E-state index in [1.165, 1.54) is 18.7 Å². The van der Waals surface area contributed by atoms with Gasteiger partial charge >= 0.3 is 0 Å². The maximum atomic E-state index is 3.64. The summed E-state index contributed by atoms with van der Waals surface area (Å²) in [6.45, 7) is 7.90. The number of likely N-dealkylation sites (N-methyl/N-ethyl adjacent to an activating group) is 2. The molecular weight excluding hydrogens is 314 g/mol. The molecule has 112 valence electrons. The lowest BCUT2D eigenvalue weighted by atomic mass is 10.0. The maximum Gasteiger partial charge on any atom is 0.0345 e. The molecule has 1 aliphatic heterocycles. The van der Waals surface area contributed by atoms with Crippen molar-refractivity contribution in [1.29, 1.82) is 0 Å². The second-order valence-corrected chi connectivity index (χ2v) is 6.93. The Morgan fingerprint density at radius 1 is 1.35 bits per heavy atom. The number of halogens is 1. The number of nitrogens with zero attached hydrogens (tertiary/aromatic N) is 2. The van der Waals surface area contributed by atoms with E-state index in [9.17, 15) is 0 Å². The predicted octanol–water partition coefficient (Wildman–Crippen LogP) is 2.39. The first-order valence-electron chi connectivity index (χ1n) is 7.41. The van der Waals surface area contributed by atoms with Gasteiger partial charge in [-0.15, -0.1) is 0 Å². The summed E-state index contributed by atoms with van der Waals surface area (Å²) >= 11 is 3.54. The number of hydrogen-bond acceptors (Lipinski definition) is 3. The fourth-order valence-electron chi connectivity index (χ4n) is 2.72. The molecule has 0 saturated carbocycles. The first kappa shape index (κ1) is 16.0. The Labute approximate surface area is 131 Å². The van der Waals surface area contributed by atoms with Gasteiger partial charge in [0.05, 0.1) is 0 Å². The van der Waals surface area contributed by atoms with Crippen LogP contribution in [0.5, 0.6) is 0 Å². The molecule has 3 nitrogen and oxygen atoms in total. The number of nitrogens with one attached hydrogen (secondary N) is 1. The smallest absolute Gasteiger partial charge is 0.0345 e. The fraction of sp³-hybridized carbons (Fsp3) is 0.625. The van der Waals surface area contributed by atoms with Gasteiger partial charge in [0.15, 0.2) is 0 Å². The molecule has 1 heterocycles. The minimum atomic E-state index is 0.541. The largest absolute Gasteiger partial charge is 0.315 e. The number of hydrogen-bond donors (Lipinski definition) is 1. The highest BCUT2D eigenvalue weighted by Crippen LogP contribution is 2.19. The third-order valence-corrected chi connectivity index (χ3v) is 4.72. The molecule has 2 rings (SSSR count). The zero-order valence-corrected chi connectivity index (χ0v) is 14.4. The summed E-state index contributed by atoms with van der Waals surface area (Å²) < 4.78 is 1.16. The van der Waals surface area contributed by atoms with Crippen molar-refractivity contribution in [3.63, 3.8) is 0 Å². The second kappa shape index (κ2) is 7.55. The molecule has 0 spiro atoms. The van der Waals surface area contributed by atoms with E-state index < -0.39 is 0 Å². The lowest BCUT2D eigenvalue weighted by Crippen LogP contribution is -2.54. The van der Waals surface area contributed by atoms with Crippen LogP contribution in [0.15, 0.2) is 28.7 Å². The molecule has 2 atom stereocenters. The molecule has 0 bridgehead atoms. The lowest BCUT2D eigenvalue weighted by Gasteiger charge is -2.38. The van der Waals surface area contributed by atoms with Gasteiger partial charge in [-0.2, -0.15) is 0 Å². The van der Waals surface area contributed by atoms with Crippen LogP contribution in [0.1, 0.15) is 18.4 Å². The van der Waals surface area contributed by atoms with Crippen LogP contribution >= 0.6 is 15.9 Å². The van der Waals surface area contributed by atoms with Crippen LogP contribution in [0.4, 0.5) is 0 Å². The highest BCUT2D eigenvalue weighted by molar-refractivity contribution is 9.10. The molecule has 1 aromatic rings. The molecule has 0 aliphatic carbocycles. The average Bonchev–Trinajstić information content (AvgIpc) is 2.42. The second-order valence-electron chi connectivity index (χ2n) is 6.01. The van der Waals surface area contributed by atoms with Gasteiger partial charge < -0.3 is 10.2 Å². The molecule has 20 heavy (non-hydrogen) atoms. The standard InChI is InChI=1S/C16H26BrN3/c1-13(14-5-4-6-15(17)9-14)10-18-11-16-12-19(2)7-8-20(16)3/h4-6,9,13,16,18H,7-8,10-12H2,1-3H3/t13-,16-/m0/s1. The normalized spacial score (nSPS) is 22.9. The van der Waals surface area contributed by atoms with Crippen LogP contribution in [-0.4, -0.2) is 62.7 Å². The Bertz CT molecular complexity index is 424. The molecule has 1 aromatic carbocycles. The van der Waals surface area contributed by atoms with E-state index in [1.54, 1.807) is 0 Å². The Hall–Kier alpha value is -0.420. The monoisotopic (exact) mass is 339 g/mol. The first-order valence-corrected chi connectivity index (χ1v) is 8.20. The van der Waals surface area contributed by atoms with Gasteiger partial charge in [-0.05, 0) is 37.7 Å². The highest BCUT2D eigenvalue weighted by atomic mass is 79.9. The van der Waals surface area contributed by atoms with Gasteiger partial charge in [0, 0.05) is 43.2 Å². The van der Waals surface area contributed by atoms with Crippen molar-refractivity contribution in [3.05, 3.63) is 34.3 Å². The van der Waals surface area contributed by atoms with E-state index in [0.29, 0.717) is 12.0 Å². The number of rotatable bonds is 5. The fourth-order valence-corrected chi connectivity index (χ4v) is 3.14. The summed E-state index contributed by atoms with van der Waals surface area (Å²) in [4.78, 5) is 4.89. The molecule has 1 aliphatic rings. The van der Waals surface area contributed by atoms with E-state index in [4.69, 9.17) is 0 Å². The summed E-state index contributed by atoms with van der Waals surface area (Å²) in [6.07, 6.45) is 0. The van der Waals surface area contributed by atoms with Gasteiger partial charge in [-0.1, -0.05) is 35.0 Å². The van der Waals surface area contributed by atoms with Crippen molar-refractivity contribution in [2.45, 2.75) is 18.9 Å². The molecular formula is C16H26BrN3. The Morgan fingerprint density at radius 3 is 2.90 bits per heavy atom. The van der Waals surface area contributed by atoms with Gasteiger partial charge in [0.1, 0.15) is 0 Å². The third-order valence-electron chi connectivity index (χ3n) is 4.23. The van der Waals surface area contributed by atoms with Gasteiger partial charge in [-0.3, -0.25) is 4.90 Å². The molecule has 0 aromatic heterocycles.